The first-order valence-electron chi connectivity index (χ1n) is 12.6. The Morgan fingerprint density at radius 3 is 2.67 bits per heavy atom. The molecule has 0 bridgehead atoms. The van der Waals surface area contributed by atoms with Crippen molar-refractivity contribution in [3.63, 3.8) is 0 Å². The number of aromatic amines is 2. The predicted octanol–water partition coefficient (Wildman–Crippen LogP) is 6.41. The molecule has 2 aromatic heterocycles. The minimum atomic E-state index is -1.55. The number of rotatable bonds is 10. The molecule has 0 fully saturated rings. The zero-order chi connectivity index (χ0) is 28.4. The molecule has 40 heavy (non-hydrogen) atoms. The second kappa shape index (κ2) is 10.9. The Morgan fingerprint density at radius 1 is 1.07 bits per heavy atom. The number of nitrogens with zero attached hydrogens (tertiary/aromatic N) is 1. The fourth-order valence-electron chi connectivity index (χ4n) is 4.69. The molecule has 5 rings (SSSR count). The molecule has 0 aliphatic rings. The number of hydrogen-bond acceptors (Lipinski definition) is 4. The van der Waals surface area contributed by atoms with Crippen molar-refractivity contribution >= 4 is 16.9 Å². The van der Waals surface area contributed by atoms with Crippen LogP contribution in [0.1, 0.15) is 35.7 Å². The van der Waals surface area contributed by atoms with E-state index in [1.54, 1.807) is 43.5 Å². The van der Waals surface area contributed by atoms with Crippen molar-refractivity contribution in [3.05, 3.63) is 101 Å². The number of H-pyrrole nitrogens is 2. The summed E-state index contributed by atoms with van der Waals surface area (Å²) in [6, 6.07) is 13.7. The van der Waals surface area contributed by atoms with Crippen molar-refractivity contribution in [2.45, 2.75) is 31.8 Å². The number of aryl methyl sites for hydroxylation is 2. The van der Waals surface area contributed by atoms with Gasteiger partial charge in [0.2, 0.25) is 0 Å². The lowest BCUT2D eigenvalue weighted by molar-refractivity contribution is -0.136. The van der Waals surface area contributed by atoms with Gasteiger partial charge in [0, 0.05) is 41.6 Å². The zero-order valence-corrected chi connectivity index (χ0v) is 21.5. The van der Waals surface area contributed by atoms with E-state index in [2.05, 4.69) is 15.0 Å². The van der Waals surface area contributed by atoms with Crippen LogP contribution in [-0.4, -0.2) is 37.8 Å². The van der Waals surface area contributed by atoms with Crippen LogP contribution in [0.4, 0.5) is 13.2 Å². The van der Waals surface area contributed by atoms with Crippen LogP contribution in [0.15, 0.2) is 67.0 Å². The Hall–Kier alpha value is -4.57. The Kier molecular flexibility index (Phi) is 7.36. The molecule has 10 heteroatoms. The lowest BCUT2D eigenvalue weighted by atomic mass is 9.91. The number of halogens is 3. The number of carbonyl (C=O) groups is 1. The third-order valence-corrected chi connectivity index (χ3v) is 6.84. The van der Waals surface area contributed by atoms with Gasteiger partial charge in [-0.3, -0.25) is 9.18 Å². The summed E-state index contributed by atoms with van der Waals surface area (Å²) >= 11 is 0. The second-order valence-corrected chi connectivity index (χ2v) is 9.60. The molecular weight excluding hydrogens is 523 g/mol. The van der Waals surface area contributed by atoms with Crippen molar-refractivity contribution < 1.29 is 32.9 Å². The number of carboxylic acid groups (broad SMARTS) is 1. The summed E-state index contributed by atoms with van der Waals surface area (Å²) in [5.74, 6) is -2.17. The summed E-state index contributed by atoms with van der Waals surface area (Å²) in [7, 11) is 0. The van der Waals surface area contributed by atoms with Gasteiger partial charge in [0.1, 0.15) is 23.0 Å². The quantitative estimate of drug-likeness (QED) is 0.161. The topological polar surface area (TPSA) is 111 Å². The van der Waals surface area contributed by atoms with Crippen LogP contribution in [0.25, 0.3) is 22.3 Å². The standard InChI is InChI=1S/C30H26F3N3O4/c1-30(39,18-4-2-3-17(13-18)5-8-27(37)38)26-16-35-29(36-26)22-14-19(6-7-23(22)32)40-28-21(9-11-31)20-10-12-34-25(20)15-24(28)33/h2-4,6-7,10,12-16,34,39H,5,8-9,11H2,1H3,(H,35,36)(H,37,38). The van der Waals surface area contributed by atoms with E-state index in [1.807, 2.05) is 0 Å². The number of aromatic nitrogens is 3. The van der Waals surface area contributed by atoms with Gasteiger partial charge in [0.05, 0.1) is 24.1 Å². The Balaban J connectivity index is 1.45. The summed E-state index contributed by atoms with van der Waals surface area (Å²) in [5.41, 5.74) is 0.850. The zero-order valence-electron chi connectivity index (χ0n) is 21.5. The maximum atomic E-state index is 15.0. The number of alkyl halides is 1. The SMILES string of the molecule is CC(O)(c1cccc(CCC(=O)O)c1)c1cnc(-c2cc(Oc3c(F)cc4[nH]ccc4c3CCF)ccc2F)[nH]1. The number of fused-ring (bicyclic) bond motifs is 1. The summed E-state index contributed by atoms with van der Waals surface area (Å²) in [5, 5.41) is 20.9. The lowest BCUT2D eigenvalue weighted by Crippen LogP contribution is -2.23. The van der Waals surface area contributed by atoms with Crippen LogP contribution in [0, 0.1) is 11.6 Å². The van der Waals surface area contributed by atoms with E-state index in [4.69, 9.17) is 9.84 Å². The van der Waals surface area contributed by atoms with Crippen molar-refractivity contribution in [2.24, 2.45) is 0 Å². The van der Waals surface area contributed by atoms with E-state index in [0.29, 0.717) is 28.5 Å². The van der Waals surface area contributed by atoms with Gasteiger partial charge in [-0.05, 0) is 48.7 Å². The van der Waals surface area contributed by atoms with Crippen LogP contribution in [-0.2, 0) is 23.2 Å². The number of carboxylic acids is 1. The molecule has 3 aromatic carbocycles. The fraction of sp³-hybridized carbons (Fsp3) is 0.200. The molecule has 4 N–H and O–H groups in total. The normalized spacial score (nSPS) is 12.9. The Bertz CT molecular complexity index is 1690. The van der Waals surface area contributed by atoms with Crippen molar-refractivity contribution in [3.8, 4) is 22.9 Å². The number of aliphatic hydroxyl groups is 1. The largest absolute Gasteiger partial charge is 0.481 e. The van der Waals surface area contributed by atoms with E-state index in [1.165, 1.54) is 24.4 Å². The Morgan fingerprint density at radius 2 is 1.90 bits per heavy atom. The van der Waals surface area contributed by atoms with Gasteiger partial charge in [-0.2, -0.15) is 0 Å². The molecule has 1 unspecified atom stereocenters. The molecule has 0 aliphatic carbocycles. The van der Waals surface area contributed by atoms with Crippen LogP contribution in [0.3, 0.4) is 0 Å². The van der Waals surface area contributed by atoms with Crippen molar-refractivity contribution in [1.29, 1.82) is 0 Å². The molecule has 0 saturated carbocycles. The smallest absolute Gasteiger partial charge is 0.303 e. The van der Waals surface area contributed by atoms with E-state index in [-0.39, 0.29) is 41.4 Å². The summed E-state index contributed by atoms with van der Waals surface area (Å²) in [4.78, 5) is 21.0. The molecule has 206 valence electrons. The maximum absolute atomic E-state index is 15.0. The van der Waals surface area contributed by atoms with Gasteiger partial charge in [-0.25, -0.2) is 13.8 Å². The first-order chi connectivity index (χ1) is 19.2. The van der Waals surface area contributed by atoms with Gasteiger partial charge in [-0.1, -0.05) is 24.3 Å². The lowest BCUT2D eigenvalue weighted by Gasteiger charge is -2.23. The van der Waals surface area contributed by atoms with E-state index >= 15 is 0 Å². The molecule has 0 radical (unpaired) electrons. The molecule has 1 atom stereocenters. The van der Waals surface area contributed by atoms with Crippen LogP contribution in [0.5, 0.6) is 11.5 Å². The highest BCUT2D eigenvalue weighted by Gasteiger charge is 2.29. The van der Waals surface area contributed by atoms with Gasteiger partial charge in [0.25, 0.3) is 0 Å². The number of hydrogen-bond donors (Lipinski definition) is 4. The van der Waals surface area contributed by atoms with Crippen molar-refractivity contribution in [1.82, 2.24) is 15.0 Å². The number of benzene rings is 3. The van der Waals surface area contributed by atoms with E-state index in [9.17, 15) is 23.1 Å². The number of nitrogens with one attached hydrogen (secondary N) is 2. The van der Waals surface area contributed by atoms with E-state index < -0.39 is 29.9 Å². The van der Waals surface area contributed by atoms with E-state index in [0.717, 1.165) is 11.6 Å². The van der Waals surface area contributed by atoms with Crippen molar-refractivity contribution in [2.75, 3.05) is 6.67 Å². The van der Waals surface area contributed by atoms with Gasteiger partial charge >= 0.3 is 5.97 Å². The minimum Gasteiger partial charge on any atom is -0.481 e. The third kappa shape index (κ3) is 5.30. The highest BCUT2D eigenvalue weighted by molar-refractivity contribution is 5.85. The molecule has 2 heterocycles. The molecule has 5 aromatic rings. The van der Waals surface area contributed by atoms with Crippen LogP contribution in [0.2, 0.25) is 0 Å². The number of ether oxygens (including phenoxy) is 1. The fourth-order valence-corrected chi connectivity index (χ4v) is 4.69. The average molecular weight is 550 g/mol. The maximum Gasteiger partial charge on any atom is 0.303 e. The monoisotopic (exact) mass is 549 g/mol. The molecule has 7 nitrogen and oxygen atoms in total. The molecular formula is C30H26F3N3O4. The predicted molar refractivity (Wildman–Crippen MR) is 143 cm³/mol. The number of imidazole rings is 1. The summed E-state index contributed by atoms with van der Waals surface area (Å²) in [6.07, 6.45) is 3.20. The molecule has 0 saturated heterocycles. The second-order valence-electron chi connectivity index (χ2n) is 9.60. The molecule has 0 amide bonds. The van der Waals surface area contributed by atoms with Gasteiger partial charge < -0.3 is 24.9 Å². The van der Waals surface area contributed by atoms with Gasteiger partial charge in [0.15, 0.2) is 11.6 Å². The number of aliphatic carboxylic acids is 1. The molecule has 0 aliphatic heterocycles. The third-order valence-electron chi connectivity index (χ3n) is 6.84. The molecule has 0 spiro atoms. The van der Waals surface area contributed by atoms with Crippen LogP contribution >= 0.6 is 0 Å². The first-order valence-corrected chi connectivity index (χ1v) is 12.6. The first kappa shape index (κ1) is 27.0. The highest BCUT2D eigenvalue weighted by atomic mass is 19.1. The Labute approximate surface area is 227 Å². The minimum absolute atomic E-state index is 0.0185. The summed E-state index contributed by atoms with van der Waals surface area (Å²) < 4.78 is 49.0. The van der Waals surface area contributed by atoms with Gasteiger partial charge in [-0.15, -0.1) is 0 Å². The highest BCUT2D eigenvalue weighted by Crippen LogP contribution is 2.37. The average Bonchev–Trinajstić information content (AvgIpc) is 3.61. The van der Waals surface area contributed by atoms with Crippen LogP contribution < -0.4 is 4.74 Å². The summed E-state index contributed by atoms with van der Waals surface area (Å²) in [6.45, 7) is 0.829.